The molecule has 102 valence electrons. The zero-order chi connectivity index (χ0) is 13.9. The Labute approximate surface area is 109 Å². The Hall–Kier alpha value is -1.22. The van der Waals surface area contributed by atoms with E-state index >= 15 is 0 Å². The van der Waals surface area contributed by atoms with Crippen LogP contribution in [0.15, 0.2) is 10.2 Å². The molecule has 1 heterocycles. The van der Waals surface area contributed by atoms with Crippen LogP contribution in [0.25, 0.3) is 0 Å². The van der Waals surface area contributed by atoms with Gasteiger partial charge in [0.1, 0.15) is 5.04 Å². The van der Waals surface area contributed by atoms with Crippen molar-refractivity contribution in [2.45, 2.75) is 19.8 Å². The first-order chi connectivity index (χ1) is 8.40. The highest BCUT2D eigenvalue weighted by Crippen LogP contribution is 2.13. The van der Waals surface area contributed by atoms with E-state index in [-0.39, 0.29) is 11.2 Å². The molecule has 0 saturated carbocycles. The van der Waals surface area contributed by atoms with E-state index in [2.05, 4.69) is 10.2 Å². The first-order valence-electron chi connectivity index (χ1n) is 5.33. The second kappa shape index (κ2) is 6.10. The number of urea groups is 1. The summed E-state index contributed by atoms with van der Waals surface area (Å²) in [4.78, 5) is 14.4. The van der Waals surface area contributed by atoms with E-state index in [9.17, 15) is 13.2 Å². The van der Waals surface area contributed by atoms with Gasteiger partial charge in [0.25, 0.3) is 9.26 Å². The van der Waals surface area contributed by atoms with Gasteiger partial charge in [-0.25, -0.2) is 4.79 Å². The normalized spacial score (nSPS) is 18.1. The van der Waals surface area contributed by atoms with Gasteiger partial charge in [-0.3, -0.25) is 4.90 Å². The van der Waals surface area contributed by atoms with Crippen molar-refractivity contribution in [1.82, 2.24) is 9.80 Å². The zero-order valence-electron chi connectivity index (χ0n) is 10.7. The third-order valence-corrected chi connectivity index (χ3v) is 5.70. The lowest BCUT2D eigenvalue weighted by atomic mass is 10.4. The summed E-state index contributed by atoms with van der Waals surface area (Å²) >= 11 is 0. The molecule has 1 aliphatic rings. The van der Waals surface area contributed by atoms with Crippen LogP contribution in [0.5, 0.6) is 0 Å². The minimum absolute atomic E-state index is 0.186. The van der Waals surface area contributed by atoms with Crippen LogP contribution in [0.4, 0.5) is 4.79 Å². The van der Waals surface area contributed by atoms with Crippen molar-refractivity contribution in [2.24, 2.45) is 10.2 Å². The van der Waals surface area contributed by atoms with Crippen molar-refractivity contribution in [3.05, 3.63) is 0 Å². The molecule has 0 spiro atoms. The third-order valence-electron chi connectivity index (χ3n) is 2.18. The molecule has 9 heteroatoms. The largest absolute Gasteiger partial charge is 0.330 e. The fourth-order valence-corrected chi connectivity index (χ4v) is 4.40. The molecule has 1 aliphatic heterocycles. The Kier molecular flexibility index (Phi) is 5.03. The Morgan fingerprint density at radius 1 is 1.28 bits per heavy atom. The molecule has 0 aromatic rings. The Morgan fingerprint density at radius 3 is 2.33 bits per heavy atom. The fourth-order valence-electron chi connectivity index (χ4n) is 1.35. The summed E-state index contributed by atoms with van der Waals surface area (Å²) in [7, 11) is 1.11. The first-order valence-corrected chi connectivity index (χ1v) is 8.15. The molecule has 0 aliphatic carbocycles. The second-order valence-electron chi connectivity index (χ2n) is 3.84. The maximum atomic E-state index is 11.8. The minimum atomic E-state index is -2.35. The van der Waals surface area contributed by atoms with Gasteiger partial charge in [0.15, 0.2) is 0 Å². The molecule has 1 atom stereocenters. The van der Waals surface area contributed by atoms with E-state index in [1.807, 2.05) is 6.92 Å². The summed E-state index contributed by atoms with van der Waals surface area (Å²) in [5, 5.41) is 8.43. The van der Waals surface area contributed by atoms with E-state index in [4.69, 9.17) is 0 Å². The van der Waals surface area contributed by atoms with E-state index in [0.717, 1.165) is 6.42 Å². The number of hydrogen-bond donors (Lipinski definition) is 0. The number of amidine groups is 1. The molecule has 7 nitrogen and oxygen atoms in total. The SMILES string of the molecule is CCCC1=NN=C(N(C)C(=O)N(C)C)S1=S(=O)=O. The summed E-state index contributed by atoms with van der Waals surface area (Å²) < 4.78 is 22.6. The highest BCUT2D eigenvalue weighted by molar-refractivity contribution is 8.49. The molecule has 1 rings (SSSR count). The smallest absolute Gasteiger partial charge is 0.325 e. The fraction of sp³-hybridized carbons (Fsp3) is 0.667. The van der Waals surface area contributed by atoms with Crippen LogP contribution >= 0.6 is 0 Å². The van der Waals surface area contributed by atoms with Crippen LogP contribution in [0.3, 0.4) is 0 Å². The van der Waals surface area contributed by atoms with Crippen molar-refractivity contribution in [3.8, 4) is 0 Å². The summed E-state index contributed by atoms with van der Waals surface area (Å²) in [5.74, 6) is 0. The Morgan fingerprint density at radius 2 is 1.89 bits per heavy atom. The molecule has 1 unspecified atom stereocenters. The molecular formula is C9H16N4O3S2. The van der Waals surface area contributed by atoms with Gasteiger partial charge in [0, 0.05) is 21.1 Å². The molecule has 0 N–H and O–H groups in total. The quantitative estimate of drug-likeness (QED) is 0.743. The molecule has 0 radical (unpaired) electrons. The predicted molar refractivity (Wildman–Crippen MR) is 72.9 cm³/mol. The van der Waals surface area contributed by atoms with Crippen molar-refractivity contribution < 1.29 is 13.2 Å². The minimum Gasteiger partial charge on any atom is -0.330 e. The van der Waals surface area contributed by atoms with Crippen LogP contribution < -0.4 is 0 Å². The topological polar surface area (TPSA) is 82.4 Å². The van der Waals surface area contributed by atoms with E-state index < -0.39 is 18.7 Å². The maximum absolute atomic E-state index is 11.8. The van der Waals surface area contributed by atoms with Crippen molar-refractivity contribution in [3.63, 3.8) is 0 Å². The maximum Gasteiger partial charge on any atom is 0.325 e. The number of hydrogen-bond acceptors (Lipinski definition) is 5. The number of nitrogens with zero attached hydrogens (tertiary/aromatic N) is 4. The second-order valence-corrected chi connectivity index (χ2v) is 7.43. The average molecular weight is 292 g/mol. The van der Waals surface area contributed by atoms with Crippen LogP contribution in [0, 0.1) is 0 Å². The molecule has 0 bridgehead atoms. The van der Waals surface area contributed by atoms with Gasteiger partial charge in [-0.2, -0.15) is 8.42 Å². The van der Waals surface area contributed by atoms with Gasteiger partial charge in [-0.05, 0) is 12.8 Å². The van der Waals surface area contributed by atoms with Crippen molar-refractivity contribution in [2.75, 3.05) is 21.1 Å². The van der Waals surface area contributed by atoms with Gasteiger partial charge in [0.05, 0.1) is 9.45 Å². The lowest BCUT2D eigenvalue weighted by Crippen LogP contribution is -2.42. The van der Waals surface area contributed by atoms with Crippen molar-refractivity contribution >= 4 is 35.0 Å². The number of carbonyl (C=O) groups excluding carboxylic acids is 1. The predicted octanol–water partition coefficient (Wildman–Crippen LogP) is 0.495. The summed E-state index contributed by atoms with van der Waals surface area (Å²) in [5.41, 5.74) is 0. The summed E-state index contributed by atoms with van der Waals surface area (Å²) in [6.07, 6.45) is 1.35. The van der Waals surface area contributed by atoms with Crippen LogP contribution in [0.1, 0.15) is 19.8 Å². The number of carbonyl (C=O) groups is 1. The van der Waals surface area contributed by atoms with E-state index in [1.165, 1.54) is 16.8 Å². The van der Waals surface area contributed by atoms with Crippen molar-refractivity contribution in [1.29, 1.82) is 0 Å². The molecule has 18 heavy (non-hydrogen) atoms. The van der Waals surface area contributed by atoms with Gasteiger partial charge in [-0.15, -0.1) is 10.2 Å². The molecule has 0 saturated heterocycles. The van der Waals surface area contributed by atoms with E-state index in [0.29, 0.717) is 11.5 Å². The third kappa shape index (κ3) is 2.96. The summed E-state index contributed by atoms with van der Waals surface area (Å²) in [6, 6.07) is -0.329. The Balaban J connectivity index is 3.09. The van der Waals surface area contributed by atoms with Crippen LogP contribution in [-0.2, 0) is 18.7 Å². The van der Waals surface area contributed by atoms with Gasteiger partial charge in [0.2, 0.25) is 5.17 Å². The monoisotopic (exact) mass is 292 g/mol. The lowest BCUT2D eigenvalue weighted by Gasteiger charge is -2.21. The Bertz CT molecular complexity index is 540. The molecule has 0 aromatic heterocycles. The molecular weight excluding hydrogens is 276 g/mol. The van der Waals surface area contributed by atoms with Gasteiger partial charge in [-0.1, -0.05) is 6.92 Å². The van der Waals surface area contributed by atoms with Crippen LogP contribution in [0.2, 0.25) is 0 Å². The zero-order valence-corrected chi connectivity index (χ0v) is 12.4. The molecule has 0 fully saturated rings. The van der Waals surface area contributed by atoms with Gasteiger partial charge >= 0.3 is 6.03 Å². The van der Waals surface area contributed by atoms with E-state index in [1.54, 1.807) is 14.1 Å². The molecule has 2 amide bonds. The van der Waals surface area contributed by atoms with Gasteiger partial charge < -0.3 is 4.90 Å². The number of rotatable bonds is 2. The lowest BCUT2D eigenvalue weighted by molar-refractivity contribution is 0.201. The van der Waals surface area contributed by atoms with Crippen LogP contribution in [-0.4, -0.2) is 55.6 Å². The number of amides is 2. The summed E-state index contributed by atoms with van der Waals surface area (Å²) in [6.45, 7) is 1.93. The average Bonchev–Trinajstić information content (AvgIpc) is 2.71. The highest BCUT2D eigenvalue weighted by atomic mass is 32.9. The highest BCUT2D eigenvalue weighted by Gasteiger charge is 2.28. The first kappa shape index (κ1) is 14.8. The standard InChI is InChI=1S/C9H16N4O3S2/c1-5-6-7-10-11-8(17(7)18(15)16)13(4)9(14)12(2)3/h5-6H2,1-4H3. The molecule has 0 aromatic carbocycles.